The smallest absolute Gasteiger partial charge is 0.350 e. The normalized spacial score (nSPS) is 14.5. The Morgan fingerprint density at radius 3 is 2.57 bits per heavy atom. The van der Waals surface area contributed by atoms with Gasteiger partial charge in [-0.25, -0.2) is 13.4 Å². The SMILES string of the molecule is O=S(=O)(c1nccc2c1N2)C(F)(F)F. The van der Waals surface area contributed by atoms with Crippen LogP contribution in [0.25, 0.3) is 0 Å². The molecule has 0 aliphatic carbocycles. The van der Waals surface area contributed by atoms with E-state index in [4.69, 9.17) is 0 Å². The van der Waals surface area contributed by atoms with Crippen LogP contribution < -0.4 is 5.32 Å². The Morgan fingerprint density at radius 1 is 1.36 bits per heavy atom. The number of pyridine rings is 1. The number of sulfone groups is 1. The summed E-state index contributed by atoms with van der Waals surface area (Å²) < 4.78 is 58.0. The topological polar surface area (TPSA) is 69.0 Å². The standard InChI is InChI=1S/C6H3F3N2O2S/c7-6(8,9)14(12,13)5-4-3(11-4)1-2-10-5/h1-2,11H. The molecule has 1 aliphatic heterocycles. The number of aromatic nitrogens is 1. The minimum absolute atomic E-state index is 0.0650. The van der Waals surface area contributed by atoms with Gasteiger partial charge in [0.2, 0.25) is 0 Å². The number of rotatable bonds is 1. The molecule has 0 amide bonds. The molecule has 0 unspecified atom stereocenters. The molecule has 0 atom stereocenters. The molecule has 1 N–H and O–H groups in total. The Labute approximate surface area is 76.7 Å². The van der Waals surface area contributed by atoms with Gasteiger partial charge in [0, 0.05) is 6.20 Å². The first kappa shape index (κ1) is 9.25. The van der Waals surface area contributed by atoms with Crippen molar-refractivity contribution in [2.75, 3.05) is 5.32 Å². The van der Waals surface area contributed by atoms with Crippen molar-refractivity contribution in [1.82, 2.24) is 4.98 Å². The zero-order valence-corrected chi connectivity index (χ0v) is 7.28. The molecule has 1 aliphatic rings. The van der Waals surface area contributed by atoms with Crippen LogP contribution >= 0.6 is 0 Å². The van der Waals surface area contributed by atoms with Gasteiger partial charge < -0.3 is 5.32 Å². The van der Waals surface area contributed by atoms with Crippen molar-refractivity contribution < 1.29 is 21.6 Å². The molecule has 2 heterocycles. The number of halogens is 3. The fraction of sp³-hybridized carbons (Fsp3) is 0.167. The zero-order valence-electron chi connectivity index (χ0n) is 6.46. The average Bonchev–Trinajstić information content (AvgIpc) is 2.78. The van der Waals surface area contributed by atoms with Gasteiger partial charge in [-0.05, 0) is 6.07 Å². The van der Waals surface area contributed by atoms with Gasteiger partial charge in [-0.2, -0.15) is 13.2 Å². The molecule has 4 nitrogen and oxygen atoms in total. The third kappa shape index (κ3) is 1.14. The molecule has 0 spiro atoms. The van der Waals surface area contributed by atoms with Gasteiger partial charge in [0.15, 0.2) is 5.03 Å². The summed E-state index contributed by atoms with van der Waals surface area (Å²) in [6, 6.07) is 1.39. The highest BCUT2D eigenvalue weighted by Gasteiger charge is 2.50. The van der Waals surface area contributed by atoms with Crippen LogP contribution in [0.3, 0.4) is 0 Å². The van der Waals surface area contributed by atoms with Crippen molar-refractivity contribution in [2.24, 2.45) is 0 Å². The summed E-state index contributed by atoms with van der Waals surface area (Å²) in [5.74, 6) is 0. The van der Waals surface area contributed by atoms with E-state index in [2.05, 4.69) is 10.3 Å². The summed E-state index contributed by atoms with van der Waals surface area (Å²) in [4.78, 5) is 3.20. The Morgan fingerprint density at radius 2 is 2.00 bits per heavy atom. The highest BCUT2D eigenvalue weighted by Crippen LogP contribution is 2.45. The van der Waals surface area contributed by atoms with Crippen LogP contribution in [0.15, 0.2) is 17.3 Å². The van der Waals surface area contributed by atoms with Crippen LogP contribution in [0.2, 0.25) is 0 Å². The highest BCUT2D eigenvalue weighted by atomic mass is 32.2. The van der Waals surface area contributed by atoms with Gasteiger partial charge in [-0.15, -0.1) is 0 Å². The van der Waals surface area contributed by atoms with Crippen molar-refractivity contribution in [3.8, 4) is 0 Å². The molecule has 76 valence electrons. The van der Waals surface area contributed by atoms with Crippen LogP contribution in [0.1, 0.15) is 0 Å². The molecule has 0 bridgehead atoms. The largest absolute Gasteiger partial charge is 0.503 e. The molecular weight excluding hydrogens is 221 g/mol. The highest BCUT2D eigenvalue weighted by molar-refractivity contribution is 7.92. The summed E-state index contributed by atoms with van der Waals surface area (Å²) in [6.07, 6.45) is 1.01. The van der Waals surface area contributed by atoms with E-state index in [0.717, 1.165) is 6.20 Å². The predicted octanol–water partition coefficient (Wildman–Crippen LogP) is 1.43. The van der Waals surface area contributed by atoms with E-state index in [0.29, 0.717) is 5.69 Å². The van der Waals surface area contributed by atoms with E-state index < -0.39 is 20.4 Å². The maximum Gasteiger partial charge on any atom is 0.503 e. The van der Waals surface area contributed by atoms with Crippen LogP contribution in [0, 0.1) is 0 Å². The molecule has 8 heteroatoms. The lowest BCUT2D eigenvalue weighted by Crippen LogP contribution is -2.23. The number of hydrogen-bond acceptors (Lipinski definition) is 4. The Kier molecular flexibility index (Phi) is 1.57. The molecule has 0 radical (unpaired) electrons. The van der Waals surface area contributed by atoms with E-state index >= 15 is 0 Å². The third-order valence-electron chi connectivity index (χ3n) is 1.67. The van der Waals surface area contributed by atoms with Crippen molar-refractivity contribution in [3.63, 3.8) is 0 Å². The van der Waals surface area contributed by atoms with Crippen LogP contribution in [0.4, 0.5) is 24.5 Å². The van der Waals surface area contributed by atoms with Gasteiger partial charge in [-0.1, -0.05) is 0 Å². The molecule has 1 aromatic rings. The first-order valence-electron chi connectivity index (χ1n) is 3.41. The Bertz CT molecular complexity index is 494. The third-order valence-corrected chi connectivity index (χ3v) is 3.10. The lowest BCUT2D eigenvalue weighted by molar-refractivity contribution is -0.0437. The predicted molar refractivity (Wildman–Crippen MR) is 40.8 cm³/mol. The van der Waals surface area contributed by atoms with E-state index in [-0.39, 0.29) is 5.69 Å². The quantitative estimate of drug-likeness (QED) is 0.744. The van der Waals surface area contributed by atoms with E-state index in [1.54, 1.807) is 0 Å². The fourth-order valence-corrected chi connectivity index (χ4v) is 1.80. The molecule has 0 saturated heterocycles. The monoisotopic (exact) mass is 224 g/mol. The molecule has 0 aromatic carbocycles. The Hall–Kier alpha value is -1.31. The zero-order chi connectivity index (χ0) is 10.6. The second-order valence-electron chi connectivity index (χ2n) is 2.61. The van der Waals surface area contributed by atoms with Gasteiger partial charge in [-0.3, -0.25) is 0 Å². The van der Waals surface area contributed by atoms with E-state index in [9.17, 15) is 21.6 Å². The van der Waals surface area contributed by atoms with E-state index in [1.807, 2.05) is 0 Å². The number of nitrogens with one attached hydrogen (secondary N) is 1. The molecular formula is C6H3F3N2O2S. The summed E-state index contributed by atoms with van der Waals surface area (Å²) in [7, 11) is -5.33. The van der Waals surface area contributed by atoms with Crippen molar-refractivity contribution >= 4 is 21.2 Å². The summed E-state index contributed by atoms with van der Waals surface area (Å²) in [5, 5.41) is 1.44. The maximum absolute atomic E-state index is 12.1. The summed E-state index contributed by atoms with van der Waals surface area (Å²) in [5.41, 5.74) is -5.01. The minimum atomic E-state index is -5.33. The van der Waals surface area contributed by atoms with Crippen molar-refractivity contribution in [2.45, 2.75) is 10.5 Å². The van der Waals surface area contributed by atoms with Gasteiger partial charge in [0.25, 0.3) is 9.84 Å². The number of nitrogens with zero attached hydrogens (tertiary/aromatic N) is 1. The summed E-state index contributed by atoms with van der Waals surface area (Å²) in [6.45, 7) is 0. The molecule has 2 rings (SSSR count). The molecule has 14 heavy (non-hydrogen) atoms. The van der Waals surface area contributed by atoms with Gasteiger partial charge >= 0.3 is 5.51 Å². The lowest BCUT2D eigenvalue weighted by Gasteiger charge is -2.05. The Balaban J connectivity index is 2.59. The van der Waals surface area contributed by atoms with E-state index in [1.165, 1.54) is 6.07 Å². The lowest BCUT2D eigenvalue weighted by atomic mass is 10.5. The molecule has 0 saturated carbocycles. The van der Waals surface area contributed by atoms with Crippen LogP contribution in [0.5, 0.6) is 0 Å². The van der Waals surface area contributed by atoms with Crippen molar-refractivity contribution in [3.05, 3.63) is 12.3 Å². The molecule has 0 fully saturated rings. The maximum atomic E-state index is 12.1. The minimum Gasteiger partial charge on any atom is -0.350 e. The van der Waals surface area contributed by atoms with Crippen molar-refractivity contribution in [1.29, 1.82) is 0 Å². The first-order valence-corrected chi connectivity index (χ1v) is 4.90. The summed E-state index contributed by atoms with van der Waals surface area (Å²) >= 11 is 0. The number of anilines is 2. The number of fused-ring (bicyclic) bond motifs is 1. The fourth-order valence-electron chi connectivity index (χ4n) is 0.955. The average molecular weight is 224 g/mol. The number of alkyl halides is 3. The first-order chi connectivity index (χ1) is 6.34. The van der Waals surface area contributed by atoms with Gasteiger partial charge in [0.05, 0.1) is 5.69 Å². The second-order valence-corrected chi connectivity index (χ2v) is 4.47. The molecule has 1 aromatic heterocycles. The van der Waals surface area contributed by atoms with Crippen LogP contribution in [-0.4, -0.2) is 18.9 Å². The second kappa shape index (κ2) is 2.38. The van der Waals surface area contributed by atoms with Gasteiger partial charge in [0.1, 0.15) is 5.69 Å². The van der Waals surface area contributed by atoms with Crippen LogP contribution in [-0.2, 0) is 9.84 Å². The number of hydrogen-bond donors (Lipinski definition) is 1.